The third-order valence-corrected chi connectivity index (χ3v) is 8.27. The molecule has 0 unspecified atom stereocenters. The van der Waals surface area contributed by atoms with Crippen molar-refractivity contribution in [3.8, 4) is 0 Å². The van der Waals surface area contributed by atoms with Gasteiger partial charge in [-0.3, -0.25) is 9.98 Å². The van der Waals surface area contributed by atoms with E-state index in [2.05, 4.69) is 77.2 Å². The van der Waals surface area contributed by atoms with E-state index < -0.39 is 0 Å². The Bertz CT molecular complexity index is 982. The molecule has 0 saturated carbocycles. The summed E-state index contributed by atoms with van der Waals surface area (Å²) in [4.78, 5) is 10.4. The zero-order valence-electron chi connectivity index (χ0n) is 28.6. The summed E-state index contributed by atoms with van der Waals surface area (Å²) >= 11 is 0. The maximum absolute atomic E-state index is 5.28. The number of aliphatic imine (C=N–C) groups is 2. The molecule has 0 aromatic heterocycles. The molecule has 0 spiro atoms. The fourth-order valence-electron chi connectivity index (χ4n) is 5.72. The van der Waals surface area contributed by atoms with E-state index >= 15 is 0 Å². The minimum absolute atomic E-state index is 0. The normalized spacial score (nSPS) is 11.8. The van der Waals surface area contributed by atoms with Gasteiger partial charge in [-0.1, -0.05) is 117 Å². The van der Waals surface area contributed by atoms with Gasteiger partial charge in [0.05, 0.1) is 17.1 Å². The average molecular weight is 679 g/mol. The van der Waals surface area contributed by atoms with Crippen LogP contribution in [0.15, 0.2) is 46.4 Å². The number of aryl methyl sites for hydroxylation is 4. The Balaban J connectivity index is 0.00000924. The van der Waals surface area contributed by atoms with E-state index in [0.29, 0.717) is 0 Å². The molecule has 0 radical (unpaired) electrons. The molecule has 242 valence electrons. The Morgan fingerprint density at radius 2 is 0.837 bits per heavy atom. The molecule has 0 N–H and O–H groups in total. The molecule has 0 bridgehead atoms. The van der Waals surface area contributed by atoms with Crippen LogP contribution in [-0.2, 0) is 46.1 Å². The average Bonchev–Trinajstić information content (AvgIpc) is 2.98. The third kappa shape index (κ3) is 18.1. The summed E-state index contributed by atoms with van der Waals surface area (Å²) in [7, 11) is 0. The number of benzene rings is 2. The maximum Gasteiger partial charge on any atom is 2.00 e. The summed E-state index contributed by atoms with van der Waals surface area (Å²) < 4.78 is 0. The monoisotopic (exact) mass is 678 g/mol. The Morgan fingerprint density at radius 1 is 0.465 bits per heavy atom. The second-order valence-electron chi connectivity index (χ2n) is 12.5. The van der Waals surface area contributed by atoms with Crippen molar-refractivity contribution >= 4 is 23.3 Å². The molecule has 0 aliphatic rings. The molecular formula is C40H64N2Pd+2. The standard InChI is InChI=1S/C40H64N2.Pd/c1-6-11-16-21-26-38(42-40-31-36(24-19-14-9-4)28-37(32-40)25-20-15-10-5)33-41-39-29-34(22-17-12-7-2)27-35(30-39)23-18-13-8-3;/h27-33H,6-26H2,1-5H3;/q;+2. The second kappa shape index (κ2) is 25.7. The fraction of sp³-hybridized carbons (Fsp3) is 0.650. The smallest absolute Gasteiger partial charge is 0.255 e. The van der Waals surface area contributed by atoms with Crippen LogP contribution in [0.2, 0.25) is 0 Å². The molecule has 2 aromatic carbocycles. The van der Waals surface area contributed by atoms with Crippen LogP contribution in [-0.4, -0.2) is 11.9 Å². The topological polar surface area (TPSA) is 24.7 Å². The van der Waals surface area contributed by atoms with E-state index in [-0.39, 0.29) is 20.4 Å². The number of unbranched alkanes of at least 4 members (excludes halogenated alkanes) is 11. The molecule has 2 rings (SSSR count). The molecule has 0 aliphatic carbocycles. The van der Waals surface area contributed by atoms with Gasteiger partial charge in [0.1, 0.15) is 0 Å². The number of rotatable bonds is 24. The molecule has 0 heterocycles. The van der Waals surface area contributed by atoms with Crippen molar-refractivity contribution in [2.45, 2.75) is 169 Å². The molecule has 43 heavy (non-hydrogen) atoms. The van der Waals surface area contributed by atoms with E-state index in [0.717, 1.165) is 49.2 Å². The van der Waals surface area contributed by atoms with Gasteiger partial charge in [0, 0.05) is 6.21 Å². The zero-order valence-corrected chi connectivity index (χ0v) is 30.2. The SMILES string of the molecule is CCCCCCC(C=Nc1cc(CCCCC)cc(CCCCC)c1)=Nc1cc(CCCCC)cc(CCCCC)c1.[Pd+2]. The first kappa shape index (κ1) is 39.5. The second-order valence-corrected chi connectivity index (χ2v) is 12.5. The van der Waals surface area contributed by atoms with Crippen molar-refractivity contribution in [3.05, 3.63) is 58.7 Å². The molecular weight excluding hydrogens is 615 g/mol. The minimum atomic E-state index is 0. The Hall–Kier alpha value is -1.56. The van der Waals surface area contributed by atoms with E-state index in [4.69, 9.17) is 9.98 Å². The molecule has 0 saturated heterocycles. The van der Waals surface area contributed by atoms with Gasteiger partial charge in [-0.2, -0.15) is 0 Å². The quantitative estimate of drug-likeness (QED) is 0.0600. The van der Waals surface area contributed by atoms with Crippen molar-refractivity contribution in [2.24, 2.45) is 9.98 Å². The van der Waals surface area contributed by atoms with Crippen LogP contribution in [0, 0.1) is 0 Å². The summed E-state index contributed by atoms with van der Waals surface area (Å²) in [5.74, 6) is 0. The van der Waals surface area contributed by atoms with Crippen molar-refractivity contribution in [2.75, 3.05) is 0 Å². The Morgan fingerprint density at radius 3 is 1.23 bits per heavy atom. The minimum Gasteiger partial charge on any atom is -0.255 e. The number of nitrogens with zero attached hydrogens (tertiary/aromatic N) is 2. The number of hydrogen-bond donors (Lipinski definition) is 0. The van der Waals surface area contributed by atoms with Crippen LogP contribution in [0.1, 0.15) is 166 Å². The predicted molar refractivity (Wildman–Crippen MR) is 190 cm³/mol. The van der Waals surface area contributed by atoms with Gasteiger partial charge in [-0.15, -0.1) is 0 Å². The molecule has 0 fully saturated rings. The van der Waals surface area contributed by atoms with Crippen LogP contribution in [0.3, 0.4) is 0 Å². The van der Waals surface area contributed by atoms with Crippen molar-refractivity contribution in [1.29, 1.82) is 0 Å². The van der Waals surface area contributed by atoms with Crippen molar-refractivity contribution < 1.29 is 20.4 Å². The first-order valence-electron chi connectivity index (χ1n) is 18.0. The van der Waals surface area contributed by atoms with Gasteiger partial charge in [-0.05, 0) is 111 Å². The van der Waals surface area contributed by atoms with Gasteiger partial charge < -0.3 is 0 Å². The van der Waals surface area contributed by atoms with E-state index in [1.165, 1.54) is 125 Å². The van der Waals surface area contributed by atoms with Gasteiger partial charge in [0.25, 0.3) is 0 Å². The third-order valence-electron chi connectivity index (χ3n) is 8.27. The predicted octanol–water partition coefficient (Wildman–Crippen LogP) is 13.1. The fourth-order valence-corrected chi connectivity index (χ4v) is 5.72. The van der Waals surface area contributed by atoms with Gasteiger partial charge in [0.2, 0.25) is 0 Å². The van der Waals surface area contributed by atoms with Crippen LogP contribution < -0.4 is 0 Å². The summed E-state index contributed by atoms with van der Waals surface area (Å²) in [5.41, 5.74) is 9.15. The molecule has 0 amide bonds. The van der Waals surface area contributed by atoms with Crippen LogP contribution in [0.25, 0.3) is 0 Å². The van der Waals surface area contributed by atoms with Crippen LogP contribution >= 0.6 is 0 Å². The Labute approximate surface area is 280 Å². The largest absolute Gasteiger partial charge is 2.00 e. The summed E-state index contributed by atoms with van der Waals surface area (Å²) in [6.07, 6.45) is 28.0. The molecule has 0 aliphatic heterocycles. The Kier molecular flexibility index (Phi) is 23.6. The summed E-state index contributed by atoms with van der Waals surface area (Å²) in [6.45, 7) is 11.4. The van der Waals surface area contributed by atoms with E-state index in [1.54, 1.807) is 0 Å². The summed E-state index contributed by atoms with van der Waals surface area (Å²) in [6, 6.07) is 14.2. The molecule has 2 aromatic rings. The van der Waals surface area contributed by atoms with Gasteiger partial charge in [-0.25, -0.2) is 0 Å². The van der Waals surface area contributed by atoms with Crippen LogP contribution in [0.4, 0.5) is 11.4 Å². The first-order valence-corrected chi connectivity index (χ1v) is 18.0. The number of hydrogen-bond acceptors (Lipinski definition) is 2. The molecule has 3 heteroatoms. The van der Waals surface area contributed by atoms with Gasteiger partial charge in [0.15, 0.2) is 0 Å². The first-order chi connectivity index (χ1) is 20.6. The molecule has 2 nitrogen and oxygen atoms in total. The van der Waals surface area contributed by atoms with Crippen LogP contribution in [0.5, 0.6) is 0 Å². The van der Waals surface area contributed by atoms with E-state index in [1.807, 2.05) is 0 Å². The van der Waals surface area contributed by atoms with Gasteiger partial charge >= 0.3 is 20.4 Å². The van der Waals surface area contributed by atoms with Crippen molar-refractivity contribution in [1.82, 2.24) is 0 Å². The molecule has 0 atom stereocenters. The zero-order chi connectivity index (χ0) is 30.3. The summed E-state index contributed by atoms with van der Waals surface area (Å²) in [5, 5.41) is 0. The maximum atomic E-state index is 5.28. The van der Waals surface area contributed by atoms with Crippen molar-refractivity contribution in [3.63, 3.8) is 0 Å². The van der Waals surface area contributed by atoms with E-state index in [9.17, 15) is 0 Å².